The third-order valence-corrected chi connectivity index (χ3v) is 7.48. The van der Waals surface area contributed by atoms with E-state index in [0.29, 0.717) is 53.1 Å². The summed E-state index contributed by atoms with van der Waals surface area (Å²) in [5, 5.41) is 2.97. The van der Waals surface area contributed by atoms with Crippen LogP contribution in [0.25, 0.3) is 0 Å². The zero-order chi connectivity index (χ0) is 24.7. The van der Waals surface area contributed by atoms with Crippen LogP contribution < -0.4 is 18.9 Å². The van der Waals surface area contributed by atoms with Crippen LogP contribution in [0.15, 0.2) is 24.5 Å². The van der Waals surface area contributed by atoms with Crippen molar-refractivity contribution in [1.29, 1.82) is 0 Å². The van der Waals surface area contributed by atoms with Crippen molar-refractivity contribution in [3.8, 4) is 5.88 Å². The zero-order valence-electron chi connectivity index (χ0n) is 20.1. The van der Waals surface area contributed by atoms with E-state index in [1.54, 1.807) is 11.0 Å². The number of aromatic nitrogens is 2. The number of benzene rings is 1. The van der Waals surface area contributed by atoms with Crippen molar-refractivity contribution in [3.05, 3.63) is 36.2 Å². The maximum atomic E-state index is 14.7. The van der Waals surface area contributed by atoms with Crippen LogP contribution in [-0.2, 0) is 4.74 Å². The molecule has 0 unspecified atom stereocenters. The molecule has 0 bridgehead atoms. The molecule has 1 radical (unpaired) electrons. The first kappa shape index (κ1) is 26.2. The molecule has 1 fully saturated rings. The number of piperidine rings is 1. The molecule has 1 amide bonds. The molecule has 0 atom stereocenters. The van der Waals surface area contributed by atoms with Gasteiger partial charge in [-0.2, -0.15) is 0 Å². The Hall–Kier alpha value is -2.41. The van der Waals surface area contributed by atoms with Crippen LogP contribution in [0.5, 0.6) is 5.88 Å². The van der Waals surface area contributed by atoms with Crippen LogP contribution in [0.4, 0.5) is 19.3 Å². The van der Waals surface area contributed by atoms with Crippen molar-refractivity contribution >= 4 is 36.4 Å². The van der Waals surface area contributed by atoms with Gasteiger partial charge in [0.25, 0.3) is 0 Å². The second kappa shape index (κ2) is 12.3. The van der Waals surface area contributed by atoms with E-state index in [0.717, 1.165) is 6.42 Å². The fourth-order valence-corrected chi connectivity index (χ4v) is 5.28. The van der Waals surface area contributed by atoms with Gasteiger partial charge in [0.2, 0.25) is 0 Å². The Bertz CT molecular complexity index is 969. The summed E-state index contributed by atoms with van der Waals surface area (Å²) in [6.07, 6.45) is 3.02. The Labute approximate surface area is 206 Å². The fraction of sp³-hybridized carbons (Fsp3) is 0.542. The molecule has 7 nitrogen and oxygen atoms in total. The molecule has 1 aliphatic heterocycles. The summed E-state index contributed by atoms with van der Waals surface area (Å²) in [5.41, 5.74) is 0.179. The Morgan fingerprint density at radius 1 is 1.15 bits per heavy atom. The summed E-state index contributed by atoms with van der Waals surface area (Å²) in [5.74, 6) is -0.0388. The molecular formula is C24H32AsF2N4O3. The van der Waals surface area contributed by atoms with Crippen molar-refractivity contribution in [2.45, 2.75) is 59.2 Å². The van der Waals surface area contributed by atoms with Crippen LogP contribution in [0.2, 0.25) is 0 Å². The van der Waals surface area contributed by atoms with Crippen molar-refractivity contribution in [2.75, 3.05) is 25.0 Å². The number of rotatable bonds is 9. The molecule has 2 aromatic rings. The molecule has 10 heteroatoms. The number of carbonyl (C=O) groups excluding carboxylic acids is 1. The third kappa shape index (κ3) is 7.83. The Balaban J connectivity index is 1.57. The van der Waals surface area contributed by atoms with Gasteiger partial charge in [0.1, 0.15) is 0 Å². The van der Waals surface area contributed by atoms with E-state index in [2.05, 4.69) is 29.1 Å². The first-order valence-electron chi connectivity index (χ1n) is 11.6. The minimum atomic E-state index is -0.883. The number of halogens is 2. The van der Waals surface area contributed by atoms with Crippen LogP contribution in [-0.4, -0.2) is 68.6 Å². The van der Waals surface area contributed by atoms with E-state index < -0.39 is 27.4 Å². The molecular weight excluding hydrogens is 505 g/mol. The maximum absolute atomic E-state index is 14.7. The molecule has 1 aromatic carbocycles. The monoisotopic (exact) mass is 537 g/mol. The van der Waals surface area contributed by atoms with E-state index in [4.69, 9.17) is 9.47 Å². The standard InChI is InChI=1S/C24H32AsF2N4O3/c1-15(2)5-8-28-21-12-19(26)18(11-20(21)27)25-22-13-23(30-14-29-22)34-17-6-9-31(10-7-17)24(32)33-16(3)4/h11-17,28H,5-10H2,1-4H3. The van der Waals surface area contributed by atoms with E-state index in [9.17, 15) is 13.6 Å². The number of hydrogen-bond donors (Lipinski definition) is 1. The van der Waals surface area contributed by atoms with E-state index in [1.165, 1.54) is 18.5 Å². The van der Waals surface area contributed by atoms with Crippen LogP contribution in [0.3, 0.4) is 0 Å². The van der Waals surface area contributed by atoms with Gasteiger partial charge in [-0.15, -0.1) is 0 Å². The predicted octanol–water partition coefficient (Wildman–Crippen LogP) is 3.26. The van der Waals surface area contributed by atoms with Gasteiger partial charge in [-0.3, -0.25) is 0 Å². The van der Waals surface area contributed by atoms with Crippen LogP contribution in [0, 0.1) is 17.6 Å². The van der Waals surface area contributed by atoms with E-state index in [-0.39, 0.29) is 24.0 Å². The topological polar surface area (TPSA) is 76.6 Å². The van der Waals surface area contributed by atoms with E-state index >= 15 is 0 Å². The van der Waals surface area contributed by atoms with Crippen LogP contribution in [0.1, 0.15) is 47.0 Å². The van der Waals surface area contributed by atoms with Crippen LogP contribution >= 0.6 is 0 Å². The molecule has 185 valence electrons. The summed E-state index contributed by atoms with van der Waals surface area (Å²) in [7, 11) is 0. The normalized spacial score (nSPS) is 14.9. The van der Waals surface area contributed by atoms with E-state index in [1.807, 2.05) is 13.8 Å². The van der Waals surface area contributed by atoms with Crippen molar-refractivity contribution in [3.63, 3.8) is 0 Å². The quantitative estimate of drug-likeness (QED) is 0.495. The fourth-order valence-electron chi connectivity index (χ4n) is 3.44. The Kier molecular flexibility index (Phi) is 9.51. The molecule has 34 heavy (non-hydrogen) atoms. The van der Waals surface area contributed by atoms with Crippen molar-refractivity contribution < 1.29 is 23.0 Å². The average Bonchev–Trinajstić information content (AvgIpc) is 2.77. The van der Waals surface area contributed by atoms with Gasteiger partial charge < -0.3 is 0 Å². The second-order valence-electron chi connectivity index (χ2n) is 8.96. The summed E-state index contributed by atoms with van der Waals surface area (Å²) in [6.45, 7) is 9.48. The molecule has 0 aliphatic carbocycles. The summed E-state index contributed by atoms with van der Waals surface area (Å²) >= 11 is -0.883. The van der Waals surface area contributed by atoms with Gasteiger partial charge >= 0.3 is 206 Å². The van der Waals surface area contributed by atoms with Gasteiger partial charge in [-0.25, -0.2) is 0 Å². The molecule has 1 N–H and O–H groups in total. The Morgan fingerprint density at radius 2 is 1.88 bits per heavy atom. The number of anilines is 1. The van der Waals surface area contributed by atoms with Gasteiger partial charge in [0, 0.05) is 0 Å². The number of likely N-dealkylation sites (tertiary alicyclic amines) is 1. The van der Waals surface area contributed by atoms with Gasteiger partial charge in [0.05, 0.1) is 0 Å². The number of carbonyl (C=O) groups is 1. The number of nitrogens with one attached hydrogen (secondary N) is 1. The molecule has 1 aliphatic rings. The second-order valence-corrected chi connectivity index (χ2v) is 11.4. The number of hydrogen-bond acceptors (Lipinski definition) is 6. The SMILES string of the molecule is CC(C)CCNc1cc(F)c([As]c2cc(OC3CCN(C(=O)OC(C)C)CC3)ncn2)cc1F. The molecule has 2 heterocycles. The van der Waals surface area contributed by atoms with Gasteiger partial charge in [-0.05, 0) is 0 Å². The minimum absolute atomic E-state index is 0.0903. The molecule has 0 saturated carbocycles. The molecule has 1 aromatic heterocycles. The molecule has 1 saturated heterocycles. The van der Waals surface area contributed by atoms with Gasteiger partial charge in [0.15, 0.2) is 0 Å². The molecule has 0 spiro atoms. The predicted molar refractivity (Wildman–Crippen MR) is 128 cm³/mol. The summed E-state index contributed by atoms with van der Waals surface area (Å²) < 4.78 is 41.3. The first-order chi connectivity index (χ1) is 16.2. The first-order valence-corrected chi connectivity index (χ1v) is 13.5. The number of amides is 1. The molecule has 3 rings (SSSR count). The van der Waals surface area contributed by atoms with Crippen molar-refractivity contribution in [1.82, 2.24) is 14.9 Å². The third-order valence-electron chi connectivity index (χ3n) is 5.26. The van der Waals surface area contributed by atoms with Gasteiger partial charge in [-0.1, -0.05) is 0 Å². The summed E-state index contributed by atoms with van der Waals surface area (Å²) in [4.78, 5) is 22.1. The average molecular weight is 537 g/mol. The number of ether oxygens (including phenoxy) is 2. The van der Waals surface area contributed by atoms with Crippen molar-refractivity contribution in [2.24, 2.45) is 5.92 Å². The zero-order valence-corrected chi connectivity index (χ0v) is 21.9. The number of nitrogens with zero attached hydrogens (tertiary/aromatic N) is 3. The Morgan fingerprint density at radius 3 is 2.56 bits per heavy atom. The summed E-state index contributed by atoms with van der Waals surface area (Å²) in [6, 6.07) is 4.16.